The summed E-state index contributed by atoms with van der Waals surface area (Å²) in [6, 6.07) is 16.3. The number of nitrogens with zero attached hydrogens (tertiary/aromatic N) is 4. The fourth-order valence-electron chi connectivity index (χ4n) is 5.01. The Morgan fingerprint density at radius 2 is 1.83 bits per heavy atom. The van der Waals surface area contributed by atoms with Crippen LogP contribution in [0, 0.1) is 0 Å². The molecule has 1 aromatic heterocycles. The number of benzene rings is 2. The van der Waals surface area contributed by atoms with Crippen LogP contribution in [-0.4, -0.2) is 68.2 Å². The van der Waals surface area contributed by atoms with Crippen LogP contribution in [0.4, 0.5) is 0 Å². The molecule has 6 nitrogen and oxygen atoms in total. The molecule has 7 heteroatoms. The molecule has 2 heterocycles. The van der Waals surface area contributed by atoms with E-state index in [-0.39, 0.29) is 57.2 Å². The summed E-state index contributed by atoms with van der Waals surface area (Å²) in [5.41, 5.74) is 6.13. The summed E-state index contributed by atoms with van der Waals surface area (Å²) in [4.78, 5) is 27.1. The van der Waals surface area contributed by atoms with Gasteiger partial charge in [-0.25, -0.2) is 0 Å². The first-order valence-electron chi connectivity index (χ1n) is 14.7. The molecule has 0 N–H and O–H groups in total. The Hall–Kier alpha value is -2.10. The van der Waals surface area contributed by atoms with Gasteiger partial charge in [0.2, 0.25) is 0 Å². The van der Waals surface area contributed by atoms with E-state index < -0.39 is 0 Å². The van der Waals surface area contributed by atoms with E-state index in [1.807, 2.05) is 36.4 Å². The normalized spacial score (nSPS) is 15.8. The van der Waals surface area contributed by atoms with Gasteiger partial charge in [0.15, 0.2) is 5.78 Å². The summed E-state index contributed by atoms with van der Waals surface area (Å²) < 4.78 is 6.12. The molecule has 216 valence electrons. The predicted octanol–water partition coefficient (Wildman–Crippen LogP) is 3.32. The monoisotopic (exact) mass is 590 g/mol. The Labute approximate surface area is 294 Å². The number of rotatable bonds is 12. The Kier molecular flexibility index (Phi) is 14.1. The first-order valence-corrected chi connectivity index (χ1v) is 14.7. The molecule has 0 radical (unpaired) electrons. The van der Waals surface area contributed by atoms with Gasteiger partial charge >= 0.3 is 51.4 Å². The van der Waals surface area contributed by atoms with Crippen LogP contribution >= 0.6 is 0 Å². The van der Waals surface area contributed by atoms with Gasteiger partial charge in [-0.15, -0.1) is 11.2 Å². The van der Waals surface area contributed by atoms with Gasteiger partial charge in [0, 0.05) is 50.9 Å². The SMILES string of the molecule is CC/C=C\C(=C/CC)COc1cccc(C(/C=C(\C(C)=O)c2cc3ccc(CN4CCN(C)CC4)cc3[n-]2)=NC)c1.[K+]. The second-order valence-corrected chi connectivity index (χ2v) is 10.7. The summed E-state index contributed by atoms with van der Waals surface area (Å²) >= 11 is 0. The van der Waals surface area contributed by atoms with Crippen LogP contribution in [0.3, 0.4) is 0 Å². The second kappa shape index (κ2) is 17.3. The molecule has 42 heavy (non-hydrogen) atoms. The van der Waals surface area contributed by atoms with Gasteiger partial charge in [0.05, 0.1) is 5.71 Å². The van der Waals surface area contributed by atoms with Crippen molar-refractivity contribution in [1.29, 1.82) is 0 Å². The van der Waals surface area contributed by atoms with Crippen molar-refractivity contribution in [3.8, 4) is 5.75 Å². The number of likely N-dealkylation sites (N-methyl/N-ethyl adjacent to an activating group) is 1. The third kappa shape index (κ3) is 9.71. The number of carbonyl (C=O) groups is 1. The number of ether oxygens (including phenoxy) is 1. The summed E-state index contributed by atoms with van der Waals surface area (Å²) in [5.74, 6) is 0.717. The summed E-state index contributed by atoms with van der Waals surface area (Å²) in [6.45, 7) is 11.6. The molecule has 0 amide bonds. The predicted molar refractivity (Wildman–Crippen MR) is 171 cm³/mol. The van der Waals surface area contributed by atoms with E-state index in [9.17, 15) is 4.79 Å². The molecule has 0 aliphatic carbocycles. The summed E-state index contributed by atoms with van der Waals surface area (Å²) in [6.07, 6.45) is 10.2. The maximum absolute atomic E-state index is 12.8. The zero-order valence-corrected chi connectivity index (χ0v) is 29.3. The fourth-order valence-corrected chi connectivity index (χ4v) is 5.01. The average Bonchev–Trinajstić information content (AvgIpc) is 3.39. The Morgan fingerprint density at radius 3 is 2.52 bits per heavy atom. The molecule has 4 rings (SSSR count). The molecule has 0 saturated carbocycles. The number of allylic oxidation sites excluding steroid dienone is 4. The van der Waals surface area contributed by atoms with Gasteiger partial charge in [-0.1, -0.05) is 68.5 Å². The van der Waals surface area contributed by atoms with Crippen LogP contribution in [0.25, 0.3) is 16.5 Å². The molecular formula is C35H43KN4O2. The van der Waals surface area contributed by atoms with Crippen molar-refractivity contribution in [1.82, 2.24) is 14.8 Å². The number of hydrogen-bond donors (Lipinski definition) is 0. The maximum Gasteiger partial charge on any atom is 1.00 e. The molecule has 0 atom stereocenters. The Morgan fingerprint density at radius 1 is 1.05 bits per heavy atom. The van der Waals surface area contributed by atoms with Crippen molar-refractivity contribution in [3.05, 3.63) is 95.2 Å². The van der Waals surface area contributed by atoms with Crippen molar-refractivity contribution < 1.29 is 60.9 Å². The van der Waals surface area contributed by atoms with E-state index in [4.69, 9.17) is 9.72 Å². The number of aromatic nitrogens is 1. The van der Waals surface area contributed by atoms with E-state index >= 15 is 0 Å². The van der Waals surface area contributed by atoms with Crippen molar-refractivity contribution >= 4 is 28.0 Å². The van der Waals surface area contributed by atoms with Crippen molar-refractivity contribution in [2.24, 2.45) is 4.99 Å². The number of hydrogen-bond acceptors (Lipinski definition) is 5. The molecule has 3 aromatic rings. The Bertz CT molecular complexity index is 1460. The van der Waals surface area contributed by atoms with Crippen LogP contribution in [0.1, 0.15) is 50.4 Å². The largest absolute Gasteiger partial charge is 1.00 e. The van der Waals surface area contributed by atoms with Crippen molar-refractivity contribution in [2.45, 2.75) is 40.2 Å². The number of fused-ring (bicyclic) bond motifs is 1. The number of ketones is 1. The van der Waals surface area contributed by atoms with Gasteiger partial charge in [0.1, 0.15) is 12.4 Å². The van der Waals surface area contributed by atoms with Crippen molar-refractivity contribution in [3.63, 3.8) is 0 Å². The molecule has 1 saturated heterocycles. The van der Waals surface area contributed by atoms with Crippen LogP contribution in [0.15, 0.2) is 83.4 Å². The first kappa shape index (κ1) is 34.4. The van der Waals surface area contributed by atoms with Gasteiger partial charge in [0.25, 0.3) is 0 Å². The van der Waals surface area contributed by atoms with Crippen LogP contribution in [-0.2, 0) is 11.3 Å². The Balaban J connectivity index is 0.00000484. The number of carbonyl (C=O) groups excluding carboxylic acids is 1. The van der Waals surface area contributed by atoms with Gasteiger partial charge in [-0.2, -0.15) is 0 Å². The van der Waals surface area contributed by atoms with E-state index in [1.54, 1.807) is 14.0 Å². The van der Waals surface area contributed by atoms with Gasteiger partial charge < -0.3 is 14.6 Å². The minimum Gasteiger partial charge on any atom is -0.657 e. The molecule has 1 fully saturated rings. The standard InChI is InChI=1S/C35H43N4O2.K/c1-6-8-11-27(10-7-2)25-41-31-13-9-12-29(21-31)33(36-4)23-32(26(3)40)35-22-30-15-14-28(20-34(30)37-35)24-39-18-16-38(5)17-19-39;/h8-15,20-23H,6-7,16-19,24-25H2,1-5H3;/q-1;+1/b11-8-,27-10+;. The number of aliphatic imine (C=N–C) groups is 1. The zero-order chi connectivity index (χ0) is 29.2. The third-order valence-corrected chi connectivity index (χ3v) is 7.38. The molecule has 0 spiro atoms. The maximum atomic E-state index is 12.8. The zero-order valence-electron chi connectivity index (χ0n) is 26.2. The second-order valence-electron chi connectivity index (χ2n) is 10.7. The van der Waals surface area contributed by atoms with Crippen molar-refractivity contribution in [2.75, 3.05) is 46.9 Å². The van der Waals surface area contributed by atoms with Crippen LogP contribution < -0.4 is 61.1 Å². The van der Waals surface area contributed by atoms with E-state index in [2.05, 4.69) is 72.1 Å². The number of piperazine rings is 1. The van der Waals surface area contributed by atoms with Gasteiger partial charge in [-0.3, -0.25) is 14.7 Å². The quantitative estimate of drug-likeness (QED) is 0.140. The molecule has 0 unspecified atom stereocenters. The summed E-state index contributed by atoms with van der Waals surface area (Å²) in [7, 11) is 3.92. The molecule has 1 aliphatic heterocycles. The number of Topliss-reactive ketones (excluding diaryl/α,β-unsaturated/α-hetero) is 1. The average molecular weight is 591 g/mol. The van der Waals surface area contributed by atoms with Crippen LogP contribution in [0.5, 0.6) is 5.75 Å². The molecule has 1 aliphatic rings. The fraction of sp³-hybridized carbons (Fsp3) is 0.371. The minimum absolute atomic E-state index is 0. The first-order chi connectivity index (χ1) is 19.9. The van der Waals surface area contributed by atoms with E-state index in [0.29, 0.717) is 23.6 Å². The van der Waals surface area contributed by atoms with E-state index in [1.165, 1.54) is 5.56 Å². The minimum atomic E-state index is -0.0453. The summed E-state index contributed by atoms with van der Waals surface area (Å²) in [5, 5.41) is 1.03. The smallest absolute Gasteiger partial charge is 0.657 e. The van der Waals surface area contributed by atoms with Gasteiger partial charge in [-0.05, 0) is 61.5 Å². The topological polar surface area (TPSA) is 59.2 Å². The molecular weight excluding hydrogens is 548 g/mol. The molecule has 0 bridgehead atoms. The van der Waals surface area contributed by atoms with Crippen LogP contribution in [0.2, 0.25) is 0 Å². The van der Waals surface area contributed by atoms with E-state index in [0.717, 1.165) is 73.4 Å². The third-order valence-electron chi connectivity index (χ3n) is 7.38. The molecule has 2 aromatic carbocycles.